The molecule has 0 aromatic carbocycles. The minimum absolute atomic E-state index is 0.0476. The number of hydrogen-bond acceptors (Lipinski definition) is 6. The second-order valence-electron chi connectivity index (χ2n) is 5.33. The fourth-order valence-corrected chi connectivity index (χ4v) is 2.82. The Morgan fingerprint density at radius 1 is 1.35 bits per heavy atom. The Labute approximate surface area is 155 Å². The maximum atomic E-state index is 13.1. The first-order valence-electron chi connectivity index (χ1n) is 7.61. The Hall–Kier alpha value is -2.81. The third-order valence-corrected chi connectivity index (χ3v) is 4.06. The smallest absolute Gasteiger partial charge is 0.347 e. The molecule has 0 atom stereocenters. The van der Waals surface area contributed by atoms with Gasteiger partial charge >= 0.3 is 5.97 Å². The van der Waals surface area contributed by atoms with Gasteiger partial charge in [0.15, 0.2) is 5.56 Å². The van der Waals surface area contributed by atoms with E-state index in [2.05, 4.69) is 25.9 Å². The van der Waals surface area contributed by atoms with Crippen LogP contribution in [0.2, 0.25) is 0 Å². The summed E-state index contributed by atoms with van der Waals surface area (Å²) < 4.78 is 19.7. The Balaban J connectivity index is 2.27. The van der Waals surface area contributed by atoms with Crippen molar-refractivity contribution < 1.29 is 19.0 Å². The highest BCUT2D eigenvalue weighted by molar-refractivity contribution is 9.10. The van der Waals surface area contributed by atoms with Gasteiger partial charge in [0, 0.05) is 10.7 Å². The summed E-state index contributed by atoms with van der Waals surface area (Å²) in [5.74, 6) is -1.94. The van der Waals surface area contributed by atoms with Crippen molar-refractivity contribution in [3.63, 3.8) is 0 Å². The van der Waals surface area contributed by atoms with Crippen LogP contribution in [0, 0.1) is 5.82 Å². The lowest BCUT2D eigenvalue weighted by Gasteiger charge is -2.13. The highest BCUT2D eigenvalue weighted by Gasteiger charge is 2.24. The molecule has 7 nitrogen and oxygen atoms in total. The molecular weight excluding hydrogens is 409 g/mol. The molecule has 0 bridgehead atoms. The Bertz CT molecular complexity index is 1050. The molecule has 9 heteroatoms. The molecule has 3 heterocycles. The van der Waals surface area contributed by atoms with Crippen molar-refractivity contribution in [2.75, 3.05) is 6.61 Å². The highest BCUT2D eigenvalue weighted by Crippen LogP contribution is 2.28. The first-order chi connectivity index (χ1) is 12.4. The molecule has 0 aliphatic rings. The number of carbonyl (C=O) groups excluding carboxylic acids is 1. The number of carbonyl (C=O) groups is 1. The zero-order valence-electron chi connectivity index (χ0n) is 13.6. The summed E-state index contributed by atoms with van der Waals surface area (Å²) in [4.78, 5) is 33.1. The minimum atomic E-state index is -0.933. The van der Waals surface area contributed by atoms with Crippen LogP contribution >= 0.6 is 15.9 Å². The molecule has 0 aliphatic heterocycles. The van der Waals surface area contributed by atoms with E-state index in [0.717, 1.165) is 6.20 Å². The van der Waals surface area contributed by atoms with Gasteiger partial charge in [0.25, 0.3) is 5.56 Å². The summed E-state index contributed by atoms with van der Waals surface area (Å²) in [7, 11) is 0. The Morgan fingerprint density at radius 3 is 2.77 bits per heavy atom. The normalized spacial score (nSPS) is 10.9. The molecule has 0 fully saturated rings. The van der Waals surface area contributed by atoms with Crippen LogP contribution < -0.4 is 5.56 Å². The van der Waals surface area contributed by atoms with Crippen LogP contribution in [0.3, 0.4) is 0 Å². The number of hydrogen-bond donors (Lipinski definition) is 1. The van der Waals surface area contributed by atoms with E-state index in [1.165, 1.54) is 29.0 Å². The second-order valence-corrected chi connectivity index (χ2v) is 6.24. The molecule has 0 saturated heterocycles. The van der Waals surface area contributed by atoms with E-state index >= 15 is 0 Å². The molecule has 26 heavy (non-hydrogen) atoms. The van der Waals surface area contributed by atoms with Crippen molar-refractivity contribution in [2.24, 2.45) is 0 Å². The van der Waals surface area contributed by atoms with E-state index < -0.39 is 28.7 Å². The molecule has 0 radical (unpaired) electrons. The topological polar surface area (TPSA) is 94.3 Å². The molecular formula is C17H13BrFN3O4. The first-order valence-corrected chi connectivity index (χ1v) is 8.40. The second kappa shape index (κ2) is 7.20. The SMILES string of the molecule is CCOC(=O)c1c(O)c2cc(Br)cnc2n(Cc2ccc(F)cn2)c1=O. The van der Waals surface area contributed by atoms with Crippen LogP contribution in [-0.2, 0) is 11.3 Å². The van der Waals surface area contributed by atoms with Crippen molar-refractivity contribution in [3.05, 3.63) is 62.5 Å². The van der Waals surface area contributed by atoms with Gasteiger partial charge in [0.2, 0.25) is 0 Å². The summed E-state index contributed by atoms with van der Waals surface area (Å²) >= 11 is 3.25. The number of esters is 1. The van der Waals surface area contributed by atoms with E-state index in [1.54, 1.807) is 6.92 Å². The Morgan fingerprint density at radius 2 is 2.12 bits per heavy atom. The third-order valence-electron chi connectivity index (χ3n) is 3.63. The van der Waals surface area contributed by atoms with Crippen LogP contribution in [0.25, 0.3) is 11.0 Å². The molecule has 1 N–H and O–H groups in total. The number of nitrogens with zero attached hydrogens (tertiary/aromatic N) is 3. The summed E-state index contributed by atoms with van der Waals surface area (Å²) in [6, 6.07) is 4.17. The van der Waals surface area contributed by atoms with Crippen molar-refractivity contribution in [2.45, 2.75) is 13.5 Å². The van der Waals surface area contributed by atoms with E-state index in [-0.39, 0.29) is 24.2 Å². The maximum absolute atomic E-state index is 13.1. The van der Waals surface area contributed by atoms with Gasteiger partial charge in [-0.1, -0.05) is 0 Å². The quantitative estimate of drug-likeness (QED) is 0.650. The lowest BCUT2D eigenvalue weighted by Crippen LogP contribution is -2.29. The highest BCUT2D eigenvalue weighted by atomic mass is 79.9. The van der Waals surface area contributed by atoms with Crippen molar-refractivity contribution in [1.82, 2.24) is 14.5 Å². The number of pyridine rings is 3. The van der Waals surface area contributed by atoms with Crippen molar-refractivity contribution in [3.8, 4) is 5.75 Å². The number of aromatic hydroxyl groups is 1. The van der Waals surface area contributed by atoms with Gasteiger partial charge in [-0.25, -0.2) is 14.2 Å². The molecule has 0 amide bonds. The number of rotatable bonds is 4. The molecule has 0 spiro atoms. The molecule has 0 aliphatic carbocycles. The molecule has 0 saturated carbocycles. The van der Waals surface area contributed by atoms with Gasteiger partial charge < -0.3 is 9.84 Å². The fourth-order valence-electron chi connectivity index (χ4n) is 2.48. The number of ether oxygens (including phenoxy) is 1. The number of aromatic nitrogens is 3. The largest absolute Gasteiger partial charge is 0.506 e. The van der Waals surface area contributed by atoms with Crippen molar-refractivity contribution in [1.29, 1.82) is 0 Å². The van der Waals surface area contributed by atoms with Crippen LogP contribution in [0.5, 0.6) is 5.75 Å². The van der Waals surface area contributed by atoms with Gasteiger partial charge in [0.1, 0.15) is 17.2 Å². The first kappa shape index (κ1) is 18.0. The standard InChI is InChI=1S/C17H13BrFN3O4/c1-2-26-17(25)13-14(23)12-5-9(18)6-21-15(12)22(16(13)24)8-11-4-3-10(19)7-20-11/h3-7,23H,2,8H2,1H3. The summed E-state index contributed by atoms with van der Waals surface area (Å²) in [5, 5.41) is 10.6. The Kier molecular flexibility index (Phi) is 4.99. The zero-order valence-corrected chi connectivity index (χ0v) is 15.2. The van der Waals surface area contributed by atoms with E-state index in [1.807, 2.05) is 0 Å². The van der Waals surface area contributed by atoms with Gasteiger partial charge in [0.05, 0.1) is 30.4 Å². The van der Waals surface area contributed by atoms with Crippen LogP contribution in [0.1, 0.15) is 23.0 Å². The summed E-state index contributed by atoms with van der Waals surface area (Å²) in [5.41, 5.74) is -0.703. The number of halogens is 2. The lowest BCUT2D eigenvalue weighted by molar-refractivity contribution is 0.0520. The van der Waals surface area contributed by atoms with Crippen molar-refractivity contribution >= 4 is 32.9 Å². The summed E-state index contributed by atoms with van der Waals surface area (Å²) in [6.07, 6.45) is 2.49. The molecule has 3 rings (SSSR count). The molecule has 0 unspecified atom stereocenters. The van der Waals surface area contributed by atoms with Crippen LogP contribution in [0.15, 0.2) is 39.9 Å². The fraction of sp³-hybridized carbons (Fsp3) is 0.176. The van der Waals surface area contributed by atoms with E-state index in [4.69, 9.17) is 4.74 Å². The third kappa shape index (κ3) is 3.30. The van der Waals surface area contributed by atoms with Gasteiger partial charge in [-0.05, 0) is 41.1 Å². The predicted octanol–water partition coefficient (Wildman–Crippen LogP) is 2.62. The van der Waals surface area contributed by atoms with Crippen LogP contribution in [-0.4, -0.2) is 32.2 Å². The lowest BCUT2D eigenvalue weighted by atomic mass is 10.1. The van der Waals surface area contributed by atoms with Gasteiger partial charge in [-0.2, -0.15) is 0 Å². The average Bonchev–Trinajstić information content (AvgIpc) is 2.61. The number of fused-ring (bicyclic) bond motifs is 1. The van der Waals surface area contributed by atoms with E-state index in [0.29, 0.717) is 10.2 Å². The van der Waals surface area contributed by atoms with E-state index in [9.17, 15) is 19.1 Å². The zero-order chi connectivity index (χ0) is 18.8. The monoisotopic (exact) mass is 421 g/mol. The molecule has 3 aromatic heterocycles. The van der Waals surface area contributed by atoms with Crippen LogP contribution in [0.4, 0.5) is 4.39 Å². The van der Waals surface area contributed by atoms with Gasteiger partial charge in [-0.15, -0.1) is 0 Å². The predicted molar refractivity (Wildman–Crippen MR) is 94.6 cm³/mol. The maximum Gasteiger partial charge on any atom is 0.347 e. The van der Waals surface area contributed by atoms with Gasteiger partial charge in [-0.3, -0.25) is 14.3 Å². The summed E-state index contributed by atoms with van der Waals surface area (Å²) in [6.45, 7) is 1.58. The molecule has 3 aromatic rings. The molecule has 134 valence electrons. The minimum Gasteiger partial charge on any atom is -0.506 e. The average molecular weight is 422 g/mol.